The number of halogens is 2. The largest absolute Gasteiger partial charge is 0.319 e. The van der Waals surface area contributed by atoms with E-state index < -0.39 is 11.6 Å². The lowest BCUT2D eigenvalue weighted by molar-refractivity contribution is 0.0899. The Kier molecular flexibility index (Phi) is 2.76. The topological polar surface area (TPSA) is 29.1 Å². The molecule has 0 radical (unpaired) electrons. The van der Waals surface area contributed by atoms with Crippen molar-refractivity contribution in [2.75, 3.05) is 13.6 Å². The molecule has 0 atom stereocenters. The Morgan fingerprint density at radius 1 is 1.38 bits per heavy atom. The summed E-state index contributed by atoms with van der Waals surface area (Å²) in [5.74, 6) is -1.98. The van der Waals surface area contributed by atoms with Gasteiger partial charge in [0, 0.05) is 17.5 Å². The highest BCUT2D eigenvalue weighted by molar-refractivity contribution is 6.02. The molecule has 1 aromatic carbocycles. The summed E-state index contributed by atoms with van der Waals surface area (Å²) in [7, 11) is 1.78. The Balaban J connectivity index is 2.24. The van der Waals surface area contributed by atoms with Gasteiger partial charge in [0.05, 0.1) is 0 Å². The van der Waals surface area contributed by atoms with E-state index in [0.29, 0.717) is 6.54 Å². The SMILES string of the molecule is CNCC1(C(=O)c2ccc(F)c(F)c2)CC1. The molecule has 1 aliphatic rings. The van der Waals surface area contributed by atoms with Gasteiger partial charge in [-0.2, -0.15) is 0 Å². The van der Waals surface area contributed by atoms with Crippen LogP contribution in [0.25, 0.3) is 0 Å². The van der Waals surface area contributed by atoms with E-state index in [1.54, 1.807) is 7.05 Å². The molecule has 0 amide bonds. The van der Waals surface area contributed by atoms with Crippen LogP contribution >= 0.6 is 0 Å². The molecule has 1 aliphatic carbocycles. The number of carbonyl (C=O) groups excluding carboxylic acids is 1. The van der Waals surface area contributed by atoms with E-state index in [1.165, 1.54) is 6.07 Å². The van der Waals surface area contributed by atoms with E-state index in [2.05, 4.69) is 5.32 Å². The van der Waals surface area contributed by atoms with Gasteiger partial charge in [0.25, 0.3) is 0 Å². The van der Waals surface area contributed by atoms with Crippen LogP contribution in [0.3, 0.4) is 0 Å². The maximum absolute atomic E-state index is 13.0. The summed E-state index contributed by atoms with van der Waals surface area (Å²) < 4.78 is 25.7. The molecule has 1 saturated carbocycles. The van der Waals surface area contributed by atoms with Crippen LogP contribution in [-0.4, -0.2) is 19.4 Å². The van der Waals surface area contributed by atoms with E-state index in [0.717, 1.165) is 25.0 Å². The lowest BCUT2D eigenvalue weighted by atomic mass is 9.94. The lowest BCUT2D eigenvalue weighted by Crippen LogP contribution is -2.28. The van der Waals surface area contributed by atoms with E-state index in [1.807, 2.05) is 0 Å². The van der Waals surface area contributed by atoms with Gasteiger partial charge in [-0.1, -0.05) is 0 Å². The van der Waals surface area contributed by atoms with Gasteiger partial charge in [-0.05, 0) is 38.1 Å². The molecule has 0 unspecified atom stereocenters. The minimum atomic E-state index is -0.967. The third-order valence-corrected chi connectivity index (χ3v) is 3.03. The molecule has 2 nitrogen and oxygen atoms in total. The van der Waals surface area contributed by atoms with Crippen molar-refractivity contribution in [2.45, 2.75) is 12.8 Å². The fourth-order valence-corrected chi connectivity index (χ4v) is 1.92. The molecule has 0 aromatic heterocycles. The predicted octanol–water partition coefficient (Wildman–Crippen LogP) is 2.15. The van der Waals surface area contributed by atoms with E-state index in [-0.39, 0.29) is 16.8 Å². The van der Waals surface area contributed by atoms with Crippen LogP contribution in [0.2, 0.25) is 0 Å². The zero-order valence-corrected chi connectivity index (χ0v) is 9.02. The average molecular weight is 225 g/mol. The molecule has 0 aliphatic heterocycles. The van der Waals surface area contributed by atoms with Gasteiger partial charge in [0.2, 0.25) is 0 Å². The summed E-state index contributed by atoms with van der Waals surface area (Å²) in [6, 6.07) is 3.32. The minimum absolute atomic E-state index is 0.0965. The summed E-state index contributed by atoms with van der Waals surface area (Å²) in [6.45, 7) is 0.588. The monoisotopic (exact) mass is 225 g/mol. The van der Waals surface area contributed by atoms with Crippen LogP contribution in [0, 0.1) is 17.0 Å². The number of rotatable bonds is 4. The molecule has 2 rings (SSSR count). The summed E-state index contributed by atoms with van der Waals surface area (Å²) in [6.07, 6.45) is 1.62. The molecule has 4 heteroatoms. The number of nitrogens with one attached hydrogen (secondary N) is 1. The molecule has 86 valence electrons. The quantitative estimate of drug-likeness (QED) is 0.795. The first-order valence-electron chi connectivity index (χ1n) is 5.23. The van der Waals surface area contributed by atoms with Crippen molar-refractivity contribution in [3.63, 3.8) is 0 Å². The van der Waals surface area contributed by atoms with Gasteiger partial charge in [-0.15, -0.1) is 0 Å². The van der Waals surface area contributed by atoms with Crippen molar-refractivity contribution in [1.29, 1.82) is 0 Å². The van der Waals surface area contributed by atoms with Gasteiger partial charge in [-0.25, -0.2) is 8.78 Å². The standard InChI is InChI=1S/C12H13F2NO/c1-15-7-12(4-5-12)11(16)8-2-3-9(13)10(14)6-8/h2-3,6,15H,4-5,7H2,1H3. The van der Waals surface area contributed by atoms with Crippen molar-refractivity contribution in [2.24, 2.45) is 5.41 Å². The van der Waals surface area contributed by atoms with Crippen LogP contribution in [0.5, 0.6) is 0 Å². The Morgan fingerprint density at radius 3 is 2.56 bits per heavy atom. The Labute approximate surface area is 92.7 Å². The molecule has 1 N–H and O–H groups in total. The van der Waals surface area contributed by atoms with Crippen LogP contribution < -0.4 is 5.32 Å². The highest BCUT2D eigenvalue weighted by atomic mass is 19.2. The Bertz CT molecular complexity index is 427. The first-order chi connectivity index (χ1) is 7.59. The van der Waals surface area contributed by atoms with Crippen molar-refractivity contribution < 1.29 is 13.6 Å². The highest BCUT2D eigenvalue weighted by Crippen LogP contribution is 2.47. The molecule has 0 saturated heterocycles. The second-order valence-corrected chi connectivity index (χ2v) is 4.27. The van der Waals surface area contributed by atoms with Gasteiger partial charge in [0.15, 0.2) is 17.4 Å². The Hall–Kier alpha value is -1.29. The number of ketones is 1. The first-order valence-corrected chi connectivity index (χ1v) is 5.23. The molecular formula is C12H13F2NO. The second-order valence-electron chi connectivity index (χ2n) is 4.27. The fourth-order valence-electron chi connectivity index (χ4n) is 1.92. The zero-order chi connectivity index (χ0) is 11.8. The molecule has 1 fully saturated rings. The first kappa shape index (κ1) is 11.2. The lowest BCUT2D eigenvalue weighted by Gasteiger charge is -2.13. The second kappa shape index (κ2) is 3.94. The van der Waals surface area contributed by atoms with Gasteiger partial charge < -0.3 is 5.32 Å². The van der Waals surface area contributed by atoms with E-state index in [4.69, 9.17) is 0 Å². The third kappa shape index (κ3) is 1.85. The predicted molar refractivity (Wildman–Crippen MR) is 56.3 cm³/mol. The van der Waals surface area contributed by atoms with E-state index >= 15 is 0 Å². The Morgan fingerprint density at radius 2 is 2.06 bits per heavy atom. The van der Waals surface area contributed by atoms with Crippen LogP contribution in [0.15, 0.2) is 18.2 Å². The van der Waals surface area contributed by atoms with E-state index in [9.17, 15) is 13.6 Å². The summed E-state index contributed by atoms with van der Waals surface area (Å²) in [4.78, 5) is 12.1. The number of Topliss-reactive ketones (excluding diaryl/α,β-unsaturated/α-hetero) is 1. The van der Waals surface area contributed by atoms with Crippen molar-refractivity contribution in [3.8, 4) is 0 Å². The number of hydrogen-bond donors (Lipinski definition) is 1. The molecule has 0 heterocycles. The van der Waals surface area contributed by atoms with Gasteiger partial charge in [-0.3, -0.25) is 4.79 Å². The summed E-state index contributed by atoms with van der Waals surface area (Å²) in [5, 5.41) is 2.96. The molecular weight excluding hydrogens is 212 g/mol. The van der Waals surface area contributed by atoms with Gasteiger partial charge >= 0.3 is 0 Å². The minimum Gasteiger partial charge on any atom is -0.319 e. The van der Waals surface area contributed by atoms with Crippen molar-refractivity contribution >= 4 is 5.78 Å². The van der Waals surface area contributed by atoms with Crippen LogP contribution in [0.4, 0.5) is 8.78 Å². The van der Waals surface area contributed by atoms with Crippen molar-refractivity contribution in [1.82, 2.24) is 5.32 Å². The number of hydrogen-bond acceptors (Lipinski definition) is 2. The molecule has 1 aromatic rings. The molecule has 0 bridgehead atoms. The smallest absolute Gasteiger partial charge is 0.170 e. The normalized spacial score (nSPS) is 17.2. The van der Waals surface area contributed by atoms with Crippen molar-refractivity contribution in [3.05, 3.63) is 35.4 Å². The third-order valence-electron chi connectivity index (χ3n) is 3.03. The summed E-state index contributed by atoms with van der Waals surface area (Å²) >= 11 is 0. The number of benzene rings is 1. The van der Waals surface area contributed by atoms with Crippen LogP contribution in [0.1, 0.15) is 23.2 Å². The fraction of sp³-hybridized carbons (Fsp3) is 0.417. The highest BCUT2D eigenvalue weighted by Gasteiger charge is 2.49. The molecule has 16 heavy (non-hydrogen) atoms. The average Bonchev–Trinajstić information content (AvgIpc) is 3.03. The number of carbonyl (C=O) groups is 1. The maximum atomic E-state index is 13.0. The van der Waals surface area contributed by atoms with Crippen LogP contribution in [-0.2, 0) is 0 Å². The van der Waals surface area contributed by atoms with Gasteiger partial charge in [0.1, 0.15) is 0 Å². The molecule has 0 spiro atoms. The summed E-state index contributed by atoms with van der Waals surface area (Å²) in [5.41, 5.74) is -0.134. The zero-order valence-electron chi connectivity index (χ0n) is 9.02. The maximum Gasteiger partial charge on any atom is 0.170 e.